The lowest BCUT2D eigenvalue weighted by atomic mass is 10.3. The minimum absolute atomic E-state index is 0.00591. The van der Waals surface area contributed by atoms with Crippen LogP contribution in [0.2, 0.25) is 0 Å². The van der Waals surface area contributed by atoms with E-state index < -0.39 is 25.9 Å². The number of anilines is 1. The first kappa shape index (κ1) is 21.4. The summed E-state index contributed by atoms with van der Waals surface area (Å²) in [4.78, 5) is 3.56. The quantitative estimate of drug-likeness (QED) is 0.578. The number of nitrogens with zero attached hydrogens (tertiary/aromatic N) is 4. The lowest BCUT2D eigenvalue weighted by molar-refractivity contribution is 0.0730. The summed E-state index contributed by atoms with van der Waals surface area (Å²) in [6, 6.07) is 8.60. The normalized spacial score (nSPS) is 15.6. The zero-order chi connectivity index (χ0) is 22.1. The molecule has 164 valence electrons. The number of hydrogen-bond acceptors (Lipinski definition) is 7. The van der Waals surface area contributed by atoms with Crippen molar-refractivity contribution in [3.05, 3.63) is 60.9 Å². The van der Waals surface area contributed by atoms with Crippen molar-refractivity contribution in [2.45, 2.75) is 9.79 Å². The first-order chi connectivity index (χ1) is 14.8. The van der Waals surface area contributed by atoms with Crippen LogP contribution in [0.15, 0.2) is 64.9 Å². The van der Waals surface area contributed by atoms with Gasteiger partial charge in [-0.1, -0.05) is 0 Å². The van der Waals surface area contributed by atoms with Crippen LogP contribution in [0.5, 0.6) is 0 Å². The summed E-state index contributed by atoms with van der Waals surface area (Å²) < 4.78 is 74.9. The fourth-order valence-corrected chi connectivity index (χ4v) is 5.49. The molecule has 13 heteroatoms. The Kier molecular flexibility index (Phi) is 5.75. The third kappa shape index (κ3) is 4.44. The van der Waals surface area contributed by atoms with Crippen molar-refractivity contribution in [1.29, 1.82) is 0 Å². The van der Waals surface area contributed by atoms with Gasteiger partial charge in [0.25, 0.3) is 10.0 Å². The van der Waals surface area contributed by atoms with Gasteiger partial charge in [0.2, 0.25) is 10.0 Å². The number of ether oxygens (including phenoxy) is 1. The van der Waals surface area contributed by atoms with Gasteiger partial charge in [-0.25, -0.2) is 30.9 Å². The minimum Gasteiger partial charge on any atom is -0.379 e. The predicted octanol–water partition coefficient (Wildman–Crippen LogP) is 1.23. The Labute approximate surface area is 178 Å². The Morgan fingerprint density at radius 3 is 2.26 bits per heavy atom. The van der Waals surface area contributed by atoms with Crippen molar-refractivity contribution in [3.8, 4) is 5.69 Å². The second-order valence-corrected chi connectivity index (χ2v) is 10.2. The molecule has 2 heterocycles. The van der Waals surface area contributed by atoms with E-state index in [1.807, 2.05) is 0 Å². The number of benzene rings is 2. The molecule has 3 aromatic rings. The minimum atomic E-state index is -4.06. The topological polar surface area (TPSA) is 123 Å². The Morgan fingerprint density at radius 2 is 1.65 bits per heavy atom. The number of aromatic nitrogens is 3. The predicted molar refractivity (Wildman–Crippen MR) is 108 cm³/mol. The maximum atomic E-state index is 14.3. The Morgan fingerprint density at radius 1 is 0.968 bits per heavy atom. The largest absolute Gasteiger partial charge is 0.379 e. The summed E-state index contributed by atoms with van der Waals surface area (Å²) in [7, 11) is -7.80. The van der Waals surface area contributed by atoms with Gasteiger partial charge in [-0.05, 0) is 36.4 Å². The fourth-order valence-electron chi connectivity index (χ4n) is 3.03. The van der Waals surface area contributed by atoms with Crippen molar-refractivity contribution >= 4 is 25.7 Å². The number of sulfonamides is 2. The average Bonchev–Trinajstić information content (AvgIpc) is 3.29. The van der Waals surface area contributed by atoms with Crippen LogP contribution in [0.1, 0.15) is 0 Å². The van der Waals surface area contributed by atoms with Crippen LogP contribution in [-0.4, -0.2) is 62.2 Å². The molecule has 1 fully saturated rings. The smallest absolute Gasteiger partial charge is 0.261 e. The van der Waals surface area contributed by atoms with E-state index in [9.17, 15) is 21.2 Å². The van der Waals surface area contributed by atoms with Crippen LogP contribution < -0.4 is 4.72 Å². The molecule has 0 bridgehead atoms. The van der Waals surface area contributed by atoms with Crippen LogP contribution in [0.3, 0.4) is 0 Å². The molecule has 0 spiro atoms. The second-order valence-electron chi connectivity index (χ2n) is 6.60. The maximum absolute atomic E-state index is 14.3. The lowest BCUT2D eigenvalue weighted by Gasteiger charge is -2.26. The monoisotopic (exact) mass is 467 g/mol. The van der Waals surface area contributed by atoms with Gasteiger partial charge in [-0.3, -0.25) is 4.72 Å². The van der Waals surface area contributed by atoms with E-state index in [0.717, 1.165) is 6.07 Å². The molecular weight excluding hydrogens is 449 g/mol. The molecule has 1 aliphatic rings. The van der Waals surface area contributed by atoms with Gasteiger partial charge in [0.15, 0.2) is 5.82 Å². The zero-order valence-corrected chi connectivity index (χ0v) is 17.7. The van der Waals surface area contributed by atoms with E-state index in [4.69, 9.17) is 4.74 Å². The summed E-state index contributed by atoms with van der Waals surface area (Å²) in [6.07, 6.45) is 2.56. The molecule has 0 atom stereocenters. The molecule has 1 N–H and O–H groups in total. The molecule has 0 unspecified atom stereocenters. The molecule has 4 rings (SSSR count). The number of halogens is 1. The molecule has 0 radical (unpaired) electrons. The summed E-state index contributed by atoms with van der Waals surface area (Å²) in [6.45, 7) is 1.09. The highest BCUT2D eigenvalue weighted by Crippen LogP contribution is 2.23. The van der Waals surface area contributed by atoms with E-state index in [1.54, 1.807) is 0 Å². The van der Waals surface area contributed by atoms with Gasteiger partial charge in [0, 0.05) is 19.2 Å². The van der Waals surface area contributed by atoms with Gasteiger partial charge in [-0.15, -0.1) is 0 Å². The number of morpholine rings is 1. The van der Waals surface area contributed by atoms with Gasteiger partial charge in [0.05, 0.1) is 28.7 Å². The van der Waals surface area contributed by atoms with Crippen LogP contribution in [0, 0.1) is 5.82 Å². The van der Waals surface area contributed by atoms with E-state index in [2.05, 4.69) is 14.8 Å². The fraction of sp³-hybridized carbons (Fsp3) is 0.222. The highest BCUT2D eigenvalue weighted by atomic mass is 32.2. The highest BCUT2D eigenvalue weighted by Gasteiger charge is 2.27. The highest BCUT2D eigenvalue weighted by molar-refractivity contribution is 7.92. The summed E-state index contributed by atoms with van der Waals surface area (Å²) in [5.41, 5.74) is 0.115. The van der Waals surface area contributed by atoms with Crippen LogP contribution in [0.25, 0.3) is 5.69 Å². The number of nitrogens with one attached hydrogen (secondary N) is 1. The molecule has 1 aliphatic heterocycles. The number of hydrogen-bond donors (Lipinski definition) is 1. The van der Waals surface area contributed by atoms with E-state index in [-0.39, 0.29) is 34.3 Å². The molecule has 1 saturated heterocycles. The summed E-state index contributed by atoms with van der Waals surface area (Å²) in [5, 5.41) is 3.83. The van der Waals surface area contributed by atoms with Crippen molar-refractivity contribution in [2.24, 2.45) is 0 Å². The summed E-state index contributed by atoms with van der Waals surface area (Å²) in [5.74, 6) is -0.697. The van der Waals surface area contributed by atoms with Crippen molar-refractivity contribution in [2.75, 3.05) is 31.0 Å². The van der Waals surface area contributed by atoms with E-state index >= 15 is 0 Å². The van der Waals surface area contributed by atoms with Crippen LogP contribution >= 0.6 is 0 Å². The van der Waals surface area contributed by atoms with Crippen LogP contribution in [-0.2, 0) is 24.8 Å². The van der Waals surface area contributed by atoms with Gasteiger partial charge >= 0.3 is 0 Å². The SMILES string of the molecule is O=S(=O)(Nc1ccc(-n2cncn2)c(F)c1)c1ccc(S(=O)(=O)N2CCOCC2)cc1. The van der Waals surface area contributed by atoms with Crippen molar-refractivity contribution in [3.63, 3.8) is 0 Å². The maximum Gasteiger partial charge on any atom is 0.261 e. The molecule has 0 saturated carbocycles. The number of rotatable bonds is 6. The Hall–Kier alpha value is -2.87. The zero-order valence-electron chi connectivity index (χ0n) is 16.0. The van der Waals surface area contributed by atoms with E-state index in [1.165, 1.54) is 58.0 Å². The standard InChI is InChI=1S/C18H18FN5O5S2/c19-17-11-14(1-6-18(17)24-13-20-12-21-24)22-30(25,26)15-2-4-16(5-3-15)31(27,28)23-7-9-29-10-8-23/h1-6,11-13,22H,7-10H2. The second kappa shape index (κ2) is 8.34. The Bertz CT molecular complexity index is 1270. The molecular formula is C18H18FN5O5S2. The molecule has 1 aromatic heterocycles. The van der Waals surface area contributed by atoms with E-state index in [0.29, 0.717) is 13.2 Å². The average molecular weight is 468 g/mol. The molecule has 10 nitrogen and oxygen atoms in total. The third-order valence-corrected chi connectivity index (χ3v) is 7.92. The van der Waals surface area contributed by atoms with Crippen molar-refractivity contribution in [1.82, 2.24) is 19.1 Å². The van der Waals surface area contributed by atoms with Crippen LogP contribution in [0.4, 0.5) is 10.1 Å². The van der Waals surface area contributed by atoms with Gasteiger partial charge in [-0.2, -0.15) is 9.40 Å². The first-order valence-electron chi connectivity index (χ1n) is 9.13. The molecule has 2 aromatic carbocycles. The first-order valence-corrected chi connectivity index (χ1v) is 12.0. The summed E-state index contributed by atoms with van der Waals surface area (Å²) >= 11 is 0. The van der Waals surface area contributed by atoms with Gasteiger partial charge in [0.1, 0.15) is 18.3 Å². The molecule has 0 aliphatic carbocycles. The molecule has 0 amide bonds. The third-order valence-electron chi connectivity index (χ3n) is 4.61. The Balaban J connectivity index is 1.53. The molecule has 31 heavy (non-hydrogen) atoms. The van der Waals surface area contributed by atoms with Crippen molar-refractivity contribution < 1.29 is 26.0 Å². The lowest BCUT2D eigenvalue weighted by Crippen LogP contribution is -2.40. The van der Waals surface area contributed by atoms with Gasteiger partial charge < -0.3 is 4.74 Å².